The van der Waals surface area contributed by atoms with Gasteiger partial charge in [0.2, 0.25) is 0 Å². The van der Waals surface area contributed by atoms with E-state index in [2.05, 4.69) is 9.55 Å². The Morgan fingerprint density at radius 2 is 2.24 bits per heavy atom. The smallest absolute Gasteiger partial charge is 0.314 e. The number of benzene rings is 1. The van der Waals surface area contributed by atoms with Gasteiger partial charge in [0.25, 0.3) is 0 Å². The maximum Gasteiger partial charge on any atom is 0.314 e. The zero-order valence-electron chi connectivity index (χ0n) is 12.2. The molecule has 0 fully saturated rings. The molecule has 1 atom stereocenters. The van der Waals surface area contributed by atoms with Gasteiger partial charge in [0.1, 0.15) is 11.6 Å². The molecule has 110 valence electrons. The summed E-state index contributed by atoms with van der Waals surface area (Å²) >= 11 is 0. The summed E-state index contributed by atoms with van der Waals surface area (Å²) in [7, 11) is 3.08. The molecule has 2 heterocycles. The number of hydrogen-bond acceptors (Lipinski definition) is 4. The van der Waals surface area contributed by atoms with Crippen LogP contribution in [0.5, 0.6) is 5.75 Å². The van der Waals surface area contributed by atoms with Gasteiger partial charge in [0.15, 0.2) is 0 Å². The van der Waals surface area contributed by atoms with Gasteiger partial charge in [-0.25, -0.2) is 4.98 Å². The van der Waals surface area contributed by atoms with Gasteiger partial charge < -0.3 is 14.0 Å². The van der Waals surface area contributed by atoms with Gasteiger partial charge in [0, 0.05) is 18.3 Å². The summed E-state index contributed by atoms with van der Waals surface area (Å²) in [6, 6.07) is 7.80. The maximum absolute atomic E-state index is 11.9. The second-order valence-corrected chi connectivity index (χ2v) is 5.11. The standard InChI is InChI=1S/C16H18N2O3/c1-20-12-6-3-5-11(9-12)15-17-10-14-13(16(19)21-2)7-4-8-18(14)15/h3,5-6,9-10,13H,4,7-8H2,1-2H3. The molecule has 3 rings (SSSR count). The molecule has 0 spiro atoms. The lowest BCUT2D eigenvalue weighted by molar-refractivity contribution is -0.143. The van der Waals surface area contributed by atoms with Crippen molar-refractivity contribution in [3.8, 4) is 17.1 Å². The monoisotopic (exact) mass is 286 g/mol. The molecular formula is C16H18N2O3. The van der Waals surface area contributed by atoms with Crippen LogP contribution in [0.15, 0.2) is 30.5 Å². The lowest BCUT2D eigenvalue weighted by Crippen LogP contribution is -2.23. The molecule has 5 nitrogen and oxygen atoms in total. The number of ether oxygens (including phenoxy) is 2. The summed E-state index contributed by atoms with van der Waals surface area (Å²) in [6.07, 6.45) is 3.55. The molecule has 0 aliphatic carbocycles. The van der Waals surface area contributed by atoms with Crippen LogP contribution >= 0.6 is 0 Å². The Morgan fingerprint density at radius 3 is 3.00 bits per heavy atom. The van der Waals surface area contributed by atoms with Crippen LogP contribution in [0.2, 0.25) is 0 Å². The van der Waals surface area contributed by atoms with Crippen molar-refractivity contribution in [3.63, 3.8) is 0 Å². The average Bonchev–Trinajstić information content (AvgIpc) is 2.98. The van der Waals surface area contributed by atoms with Crippen LogP contribution in [0.1, 0.15) is 24.5 Å². The Labute approximate surface area is 123 Å². The highest BCUT2D eigenvalue weighted by molar-refractivity contribution is 5.78. The van der Waals surface area contributed by atoms with E-state index in [-0.39, 0.29) is 11.9 Å². The molecule has 0 amide bonds. The predicted octanol–water partition coefficient (Wildman–Crippen LogP) is 2.61. The van der Waals surface area contributed by atoms with E-state index in [4.69, 9.17) is 9.47 Å². The molecule has 0 N–H and O–H groups in total. The van der Waals surface area contributed by atoms with Crippen molar-refractivity contribution < 1.29 is 14.3 Å². The summed E-state index contributed by atoms with van der Waals surface area (Å²) in [5, 5.41) is 0. The fraction of sp³-hybridized carbons (Fsp3) is 0.375. The Hall–Kier alpha value is -2.30. The van der Waals surface area contributed by atoms with E-state index in [9.17, 15) is 4.79 Å². The Morgan fingerprint density at radius 1 is 1.38 bits per heavy atom. The first-order chi connectivity index (χ1) is 10.2. The number of carbonyl (C=O) groups excluding carboxylic acids is 1. The van der Waals surface area contributed by atoms with E-state index in [1.54, 1.807) is 13.3 Å². The van der Waals surface area contributed by atoms with Crippen molar-refractivity contribution in [2.75, 3.05) is 14.2 Å². The van der Waals surface area contributed by atoms with Gasteiger partial charge in [-0.3, -0.25) is 4.79 Å². The van der Waals surface area contributed by atoms with Crippen molar-refractivity contribution in [3.05, 3.63) is 36.2 Å². The zero-order chi connectivity index (χ0) is 14.8. The first-order valence-corrected chi connectivity index (χ1v) is 7.02. The van der Waals surface area contributed by atoms with Gasteiger partial charge >= 0.3 is 5.97 Å². The topological polar surface area (TPSA) is 53.4 Å². The van der Waals surface area contributed by atoms with Crippen molar-refractivity contribution >= 4 is 5.97 Å². The summed E-state index contributed by atoms with van der Waals surface area (Å²) in [5.41, 5.74) is 1.93. The second-order valence-electron chi connectivity index (χ2n) is 5.11. The molecule has 1 aliphatic heterocycles. The van der Waals surface area contributed by atoms with E-state index in [0.717, 1.165) is 42.2 Å². The summed E-state index contributed by atoms with van der Waals surface area (Å²) in [4.78, 5) is 16.4. The molecule has 5 heteroatoms. The van der Waals surface area contributed by atoms with Crippen LogP contribution < -0.4 is 4.74 Å². The fourth-order valence-corrected chi connectivity index (χ4v) is 2.88. The van der Waals surface area contributed by atoms with Crippen LogP contribution in [0, 0.1) is 0 Å². The zero-order valence-corrected chi connectivity index (χ0v) is 12.2. The van der Waals surface area contributed by atoms with Crippen LogP contribution in [0.3, 0.4) is 0 Å². The number of esters is 1. The van der Waals surface area contributed by atoms with Crippen LogP contribution in [0.4, 0.5) is 0 Å². The molecule has 0 saturated carbocycles. The molecular weight excluding hydrogens is 268 g/mol. The largest absolute Gasteiger partial charge is 0.497 e. The third kappa shape index (κ3) is 2.39. The van der Waals surface area contributed by atoms with Gasteiger partial charge in [0.05, 0.1) is 25.8 Å². The number of carbonyl (C=O) groups is 1. The first-order valence-electron chi connectivity index (χ1n) is 7.02. The minimum Gasteiger partial charge on any atom is -0.497 e. The molecule has 1 unspecified atom stereocenters. The highest BCUT2D eigenvalue weighted by Gasteiger charge is 2.29. The minimum absolute atomic E-state index is 0.187. The highest BCUT2D eigenvalue weighted by Crippen LogP contribution is 2.33. The Kier molecular flexibility index (Phi) is 3.64. The average molecular weight is 286 g/mol. The third-order valence-electron chi connectivity index (χ3n) is 3.93. The lowest BCUT2D eigenvalue weighted by Gasteiger charge is -2.23. The van der Waals surface area contributed by atoms with Crippen LogP contribution in [0.25, 0.3) is 11.4 Å². The molecule has 0 saturated heterocycles. The van der Waals surface area contributed by atoms with Crippen molar-refractivity contribution in [1.29, 1.82) is 0 Å². The highest BCUT2D eigenvalue weighted by atomic mass is 16.5. The number of fused-ring (bicyclic) bond motifs is 1. The summed E-state index contributed by atoms with van der Waals surface area (Å²) < 4.78 is 12.3. The molecule has 0 bridgehead atoms. The number of aromatic nitrogens is 2. The van der Waals surface area contributed by atoms with E-state index in [1.807, 2.05) is 24.3 Å². The Bertz CT molecular complexity index is 663. The lowest BCUT2D eigenvalue weighted by atomic mass is 9.96. The molecule has 1 aliphatic rings. The van der Waals surface area contributed by atoms with Crippen molar-refractivity contribution in [2.45, 2.75) is 25.3 Å². The first kappa shape index (κ1) is 13.7. The molecule has 0 radical (unpaired) electrons. The molecule has 1 aromatic carbocycles. The van der Waals surface area contributed by atoms with Crippen LogP contribution in [-0.2, 0) is 16.1 Å². The maximum atomic E-state index is 11.9. The van der Waals surface area contributed by atoms with E-state index in [1.165, 1.54) is 7.11 Å². The van der Waals surface area contributed by atoms with E-state index in [0.29, 0.717) is 0 Å². The quantitative estimate of drug-likeness (QED) is 0.814. The van der Waals surface area contributed by atoms with E-state index >= 15 is 0 Å². The third-order valence-corrected chi connectivity index (χ3v) is 3.93. The summed E-state index contributed by atoms with van der Waals surface area (Å²) in [6.45, 7) is 0.870. The minimum atomic E-state index is -0.212. The second kappa shape index (κ2) is 5.60. The normalized spacial score (nSPS) is 17.1. The van der Waals surface area contributed by atoms with Crippen molar-refractivity contribution in [2.24, 2.45) is 0 Å². The number of rotatable bonds is 3. The molecule has 1 aromatic heterocycles. The number of hydrogen-bond donors (Lipinski definition) is 0. The summed E-state index contributed by atoms with van der Waals surface area (Å²) in [5.74, 6) is 1.27. The predicted molar refractivity (Wildman–Crippen MR) is 78.2 cm³/mol. The molecule has 21 heavy (non-hydrogen) atoms. The number of methoxy groups -OCH3 is 2. The van der Waals surface area contributed by atoms with E-state index < -0.39 is 0 Å². The van der Waals surface area contributed by atoms with Crippen LogP contribution in [-0.4, -0.2) is 29.7 Å². The van der Waals surface area contributed by atoms with Gasteiger partial charge in [-0.05, 0) is 25.0 Å². The molecule has 2 aromatic rings. The van der Waals surface area contributed by atoms with Gasteiger partial charge in [-0.15, -0.1) is 0 Å². The number of imidazole rings is 1. The van der Waals surface area contributed by atoms with Crippen molar-refractivity contribution in [1.82, 2.24) is 9.55 Å². The number of nitrogens with zero attached hydrogens (tertiary/aromatic N) is 2. The Balaban J connectivity index is 2.02. The van der Waals surface area contributed by atoms with Gasteiger partial charge in [-0.1, -0.05) is 12.1 Å². The van der Waals surface area contributed by atoms with Gasteiger partial charge in [-0.2, -0.15) is 0 Å². The fourth-order valence-electron chi connectivity index (χ4n) is 2.88. The SMILES string of the molecule is COC(=O)C1CCCn2c1cnc2-c1cccc(OC)c1.